The summed E-state index contributed by atoms with van der Waals surface area (Å²) in [5.74, 6) is -0.152. The van der Waals surface area contributed by atoms with Crippen LogP contribution in [0.25, 0.3) is 0 Å². The molecule has 0 radical (unpaired) electrons. The van der Waals surface area contributed by atoms with Crippen LogP contribution < -0.4 is 10.6 Å². The fourth-order valence-corrected chi connectivity index (χ4v) is 1.68. The van der Waals surface area contributed by atoms with Crippen LogP contribution in [-0.4, -0.2) is 30.0 Å². The van der Waals surface area contributed by atoms with Gasteiger partial charge in [0.1, 0.15) is 0 Å². The number of hydrogen-bond acceptors (Lipinski definition) is 2. The highest BCUT2D eigenvalue weighted by Crippen LogP contribution is 2.25. The maximum absolute atomic E-state index is 12.5. The van der Waals surface area contributed by atoms with Gasteiger partial charge in [0.15, 0.2) is 0 Å². The van der Waals surface area contributed by atoms with Crippen molar-refractivity contribution in [2.24, 2.45) is 5.92 Å². The minimum atomic E-state index is -4.34. The number of urea groups is 1. The number of nitrogens with one attached hydrogen (secondary N) is 2. The second-order valence-electron chi connectivity index (χ2n) is 5.00. The summed E-state index contributed by atoms with van der Waals surface area (Å²) in [5.41, 5.74) is 0.124. The van der Waals surface area contributed by atoms with Crippen LogP contribution in [0.5, 0.6) is 0 Å². The van der Waals surface area contributed by atoms with Gasteiger partial charge < -0.3 is 15.7 Å². The van der Waals surface area contributed by atoms with Crippen molar-refractivity contribution >= 4 is 11.7 Å². The van der Waals surface area contributed by atoms with Crippen LogP contribution in [0, 0.1) is 5.92 Å². The number of carbonyl (C=O) groups excluding carboxylic acids is 1. The van der Waals surface area contributed by atoms with Gasteiger partial charge in [0.05, 0.1) is 6.42 Å². The fourth-order valence-electron chi connectivity index (χ4n) is 1.68. The lowest BCUT2D eigenvalue weighted by molar-refractivity contribution is -0.127. The normalized spacial score (nSPS) is 14.4. The molecule has 0 aliphatic rings. The van der Waals surface area contributed by atoms with E-state index in [-0.39, 0.29) is 29.8 Å². The summed E-state index contributed by atoms with van der Waals surface area (Å²) >= 11 is 0. The zero-order valence-corrected chi connectivity index (χ0v) is 11.9. The maximum atomic E-state index is 12.5. The lowest BCUT2D eigenvalue weighted by Crippen LogP contribution is -2.41. The number of amides is 2. The minimum Gasteiger partial charge on any atom is -0.396 e. The van der Waals surface area contributed by atoms with E-state index in [2.05, 4.69) is 10.6 Å². The van der Waals surface area contributed by atoms with Crippen LogP contribution in [0.3, 0.4) is 0 Å². The smallest absolute Gasteiger partial charge is 0.393 e. The average Bonchev–Trinajstić information content (AvgIpc) is 2.38. The number of rotatable bonds is 5. The minimum absolute atomic E-state index is 0.00279. The second-order valence-corrected chi connectivity index (χ2v) is 5.00. The largest absolute Gasteiger partial charge is 0.396 e. The van der Waals surface area contributed by atoms with Gasteiger partial charge in [-0.3, -0.25) is 0 Å². The van der Waals surface area contributed by atoms with Crippen LogP contribution in [0.1, 0.15) is 19.4 Å². The zero-order valence-electron chi connectivity index (χ0n) is 11.9. The molecule has 7 heteroatoms. The van der Waals surface area contributed by atoms with Gasteiger partial charge >= 0.3 is 12.2 Å². The molecule has 0 aliphatic heterocycles. The van der Waals surface area contributed by atoms with E-state index >= 15 is 0 Å². The summed E-state index contributed by atoms with van der Waals surface area (Å²) < 4.78 is 37.4. The summed E-state index contributed by atoms with van der Waals surface area (Å²) in [6.07, 6.45) is -5.45. The molecule has 1 aromatic rings. The van der Waals surface area contributed by atoms with Crippen molar-refractivity contribution in [3.05, 3.63) is 29.8 Å². The third kappa shape index (κ3) is 6.03. The molecule has 1 aromatic carbocycles. The molecule has 1 rings (SSSR count). The zero-order chi connectivity index (χ0) is 16.0. The van der Waals surface area contributed by atoms with Crippen molar-refractivity contribution < 1.29 is 23.1 Å². The molecule has 0 saturated carbocycles. The van der Waals surface area contributed by atoms with E-state index < -0.39 is 18.6 Å². The molecule has 0 aromatic heterocycles. The predicted octanol–water partition coefficient (Wildman–Crippen LogP) is 2.93. The van der Waals surface area contributed by atoms with E-state index in [0.29, 0.717) is 0 Å². The van der Waals surface area contributed by atoms with E-state index in [1.807, 2.05) is 0 Å². The predicted molar refractivity (Wildman–Crippen MR) is 74.1 cm³/mol. The molecule has 2 unspecified atom stereocenters. The molecule has 0 saturated heterocycles. The first-order valence-corrected chi connectivity index (χ1v) is 6.56. The number of halogens is 3. The topological polar surface area (TPSA) is 61.4 Å². The van der Waals surface area contributed by atoms with Gasteiger partial charge in [0.2, 0.25) is 0 Å². The van der Waals surface area contributed by atoms with Crippen LogP contribution in [0.15, 0.2) is 24.3 Å². The highest BCUT2D eigenvalue weighted by molar-refractivity contribution is 5.90. The summed E-state index contributed by atoms with van der Waals surface area (Å²) in [6, 6.07) is 4.88. The van der Waals surface area contributed by atoms with Gasteiger partial charge in [0, 0.05) is 18.3 Å². The molecule has 0 aliphatic carbocycles. The van der Waals surface area contributed by atoms with Gasteiger partial charge in [-0.1, -0.05) is 25.1 Å². The molecule has 21 heavy (non-hydrogen) atoms. The number of alkyl halides is 3. The summed E-state index contributed by atoms with van der Waals surface area (Å²) in [5, 5.41) is 14.0. The summed E-state index contributed by atoms with van der Waals surface area (Å²) in [7, 11) is 0. The number of aliphatic hydroxyl groups excluding tert-OH is 1. The second kappa shape index (κ2) is 7.31. The third-order valence-corrected chi connectivity index (χ3v) is 3.16. The Balaban J connectivity index is 2.72. The Morgan fingerprint density at radius 2 is 1.90 bits per heavy atom. The van der Waals surface area contributed by atoms with Gasteiger partial charge in [-0.15, -0.1) is 0 Å². The number of aliphatic hydroxyl groups is 1. The van der Waals surface area contributed by atoms with E-state index in [9.17, 15) is 18.0 Å². The van der Waals surface area contributed by atoms with Crippen LogP contribution in [0.4, 0.5) is 23.7 Å². The Kier molecular flexibility index (Phi) is 6.02. The Hall–Kier alpha value is -1.76. The molecule has 3 N–H and O–H groups in total. The first kappa shape index (κ1) is 17.3. The standard InChI is InChI=1S/C14H19F3N2O2/c1-9(8-20)10(2)18-13(21)19-12-6-4-3-5-11(12)7-14(15,16)17/h3-6,9-10,20H,7-8H2,1-2H3,(H2,18,19,21). The number of benzene rings is 1. The van der Waals surface area contributed by atoms with E-state index in [1.54, 1.807) is 19.9 Å². The van der Waals surface area contributed by atoms with Crippen LogP contribution >= 0.6 is 0 Å². The summed E-state index contributed by atoms with van der Waals surface area (Å²) in [6.45, 7) is 3.37. The number of carbonyl (C=O) groups is 1. The van der Waals surface area contributed by atoms with E-state index in [0.717, 1.165) is 0 Å². The molecule has 2 amide bonds. The van der Waals surface area contributed by atoms with Crippen LogP contribution in [-0.2, 0) is 6.42 Å². The lowest BCUT2D eigenvalue weighted by Gasteiger charge is -2.20. The quantitative estimate of drug-likeness (QED) is 0.783. The monoisotopic (exact) mass is 304 g/mol. The van der Waals surface area contributed by atoms with Crippen molar-refractivity contribution in [1.82, 2.24) is 5.32 Å². The third-order valence-electron chi connectivity index (χ3n) is 3.16. The molecule has 0 bridgehead atoms. The molecule has 4 nitrogen and oxygen atoms in total. The number of anilines is 1. The highest BCUT2D eigenvalue weighted by atomic mass is 19.4. The van der Waals surface area contributed by atoms with Gasteiger partial charge in [-0.05, 0) is 24.5 Å². The number of hydrogen-bond donors (Lipinski definition) is 3. The van der Waals surface area contributed by atoms with Crippen molar-refractivity contribution in [3.63, 3.8) is 0 Å². The average molecular weight is 304 g/mol. The van der Waals surface area contributed by atoms with E-state index in [1.165, 1.54) is 18.2 Å². The Morgan fingerprint density at radius 3 is 2.48 bits per heavy atom. The SMILES string of the molecule is CC(CO)C(C)NC(=O)Nc1ccccc1CC(F)(F)F. The van der Waals surface area contributed by atoms with Gasteiger partial charge in [0.25, 0.3) is 0 Å². The van der Waals surface area contributed by atoms with Crippen LogP contribution in [0.2, 0.25) is 0 Å². The molecule has 0 spiro atoms. The first-order chi connectivity index (χ1) is 9.73. The summed E-state index contributed by atoms with van der Waals surface area (Å²) in [4.78, 5) is 11.8. The molecular weight excluding hydrogens is 285 g/mol. The van der Waals surface area contributed by atoms with E-state index in [4.69, 9.17) is 5.11 Å². The van der Waals surface area contributed by atoms with Gasteiger partial charge in [-0.2, -0.15) is 13.2 Å². The van der Waals surface area contributed by atoms with Crippen molar-refractivity contribution in [1.29, 1.82) is 0 Å². The fraction of sp³-hybridized carbons (Fsp3) is 0.500. The maximum Gasteiger partial charge on any atom is 0.393 e. The molecule has 0 fully saturated rings. The molecule has 118 valence electrons. The van der Waals surface area contributed by atoms with Crippen molar-refractivity contribution in [3.8, 4) is 0 Å². The first-order valence-electron chi connectivity index (χ1n) is 6.56. The Labute approximate surface area is 121 Å². The van der Waals surface area contributed by atoms with Gasteiger partial charge in [-0.25, -0.2) is 4.79 Å². The molecule has 0 heterocycles. The highest BCUT2D eigenvalue weighted by Gasteiger charge is 2.29. The molecular formula is C14H19F3N2O2. The Morgan fingerprint density at radius 1 is 1.29 bits per heavy atom. The molecule has 2 atom stereocenters. The van der Waals surface area contributed by atoms with Crippen molar-refractivity contribution in [2.45, 2.75) is 32.5 Å². The number of para-hydroxylation sites is 1. The Bertz CT molecular complexity index is 478. The van der Waals surface area contributed by atoms with Crippen molar-refractivity contribution in [2.75, 3.05) is 11.9 Å². The lowest BCUT2D eigenvalue weighted by atomic mass is 10.1.